The van der Waals surface area contributed by atoms with Gasteiger partial charge in [-0.3, -0.25) is 4.79 Å². The molecule has 1 fully saturated rings. The average molecular weight is 523 g/mol. The van der Waals surface area contributed by atoms with Crippen molar-refractivity contribution in [2.24, 2.45) is 0 Å². The first-order chi connectivity index (χ1) is 16.5. The Morgan fingerprint density at radius 3 is 1.64 bits per heavy atom. The third-order valence-corrected chi connectivity index (χ3v) is 3.10. The summed E-state index contributed by atoms with van der Waals surface area (Å²) < 4.78 is 31.9. The van der Waals surface area contributed by atoms with E-state index in [0.29, 0.717) is 25.2 Å². The van der Waals surface area contributed by atoms with Gasteiger partial charge in [0.2, 0.25) is 0 Å². The summed E-state index contributed by atoms with van der Waals surface area (Å²) >= 11 is 0. The fourth-order valence-corrected chi connectivity index (χ4v) is 1.53. The fourth-order valence-electron chi connectivity index (χ4n) is 1.53. The molecule has 1 heterocycles. The van der Waals surface area contributed by atoms with Crippen molar-refractivity contribution in [2.75, 3.05) is 52.9 Å². The first kappa shape index (κ1) is 36.9. The van der Waals surface area contributed by atoms with Crippen molar-refractivity contribution in [3.05, 3.63) is 24.3 Å². The molecule has 0 saturated carbocycles. The first-order valence-corrected chi connectivity index (χ1v) is 10.5. The van der Waals surface area contributed by atoms with Crippen molar-refractivity contribution in [1.82, 2.24) is 0 Å². The second-order valence-corrected chi connectivity index (χ2v) is 6.50. The highest BCUT2D eigenvalue weighted by atomic mass is 16.7. The number of hydrogen-bond donors (Lipinski definition) is 1. The van der Waals surface area contributed by atoms with Crippen LogP contribution in [0.2, 0.25) is 0 Å². The van der Waals surface area contributed by atoms with Gasteiger partial charge in [-0.2, -0.15) is 0 Å². The monoisotopic (exact) mass is 522 g/mol. The fraction of sp³-hybridized carbons (Fsp3) is 0.609. The van der Waals surface area contributed by atoms with Crippen molar-refractivity contribution in [3.8, 4) is 0 Å². The third-order valence-electron chi connectivity index (χ3n) is 3.10. The van der Waals surface area contributed by atoms with Crippen molar-refractivity contribution >= 4 is 30.2 Å². The minimum atomic E-state index is -0.866. The number of ether oxygens (including phenoxy) is 7. The second kappa shape index (κ2) is 24.5. The zero-order chi connectivity index (χ0) is 27.1. The quantitative estimate of drug-likeness (QED) is 0.182. The number of cyclic esters (lactones) is 2. The van der Waals surface area contributed by atoms with Crippen molar-refractivity contribution in [1.29, 1.82) is 0 Å². The van der Waals surface area contributed by atoms with E-state index in [4.69, 9.17) is 9.84 Å². The molecule has 1 saturated heterocycles. The van der Waals surface area contributed by atoms with E-state index < -0.39 is 24.2 Å². The normalized spacial score (nSPS) is 11.1. The summed E-state index contributed by atoms with van der Waals surface area (Å²) in [6.45, 7) is 12.1. The van der Waals surface area contributed by atoms with Crippen LogP contribution in [0.5, 0.6) is 0 Å². The Hall–Kier alpha value is -3.61. The van der Waals surface area contributed by atoms with Crippen LogP contribution in [0.25, 0.3) is 0 Å². The maximum atomic E-state index is 11.0. The molecule has 0 aliphatic carbocycles. The van der Waals surface area contributed by atoms with Gasteiger partial charge in [-0.25, -0.2) is 19.2 Å². The van der Waals surface area contributed by atoms with Crippen LogP contribution in [0.4, 0.5) is 9.59 Å². The van der Waals surface area contributed by atoms with Crippen LogP contribution in [0.3, 0.4) is 0 Å². The molecule has 0 unspecified atom stereocenters. The molecule has 0 spiro atoms. The van der Waals surface area contributed by atoms with Gasteiger partial charge in [0, 0.05) is 30.9 Å². The Balaban J connectivity index is -0.000000527. The minimum Gasteiger partial charge on any atom is -0.466 e. The third kappa shape index (κ3) is 26.6. The van der Waals surface area contributed by atoms with E-state index in [-0.39, 0.29) is 58.6 Å². The summed E-state index contributed by atoms with van der Waals surface area (Å²) in [5.74, 6) is -1.38. The number of aliphatic hydroxyl groups excluding tert-OH is 1. The van der Waals surface area contributed by atoms with Crippen LogP contribution in [-0.4, -0.2) is 88.2 Å². The summed E-state index contributed by atoms with van der Waals surface area (Å²) in [5.41, 5.74) is 0.622. The van der Waals surface area contributed by atoms with Gasteiger partial charge < -0.3 is 38.3 Å². The number of rotatable bonds is 11. The highest BCUT2D eigenvalue weighted by Crippen LogP contribution is 1.96. The molecule has 0 atom stereocenters. The standard InChI is InChI=1S/C12H18O7.C6H10O3.C4H6O3.CH4/c1-9(2)11(14)17-7-8-19-12(15)18-6-4-5-16-10(3)13;1-5(2)6(8)9-4-3-7;5-4-6-2-1-3-7-4;/h1,4-8H2,2-3H3;7H,1,3-4H2,2H3;1-3H2;1H4. The average Bonchev–Trinajstić information content (AvgIpc) is 2.80. The molecule has 13 heteroatoms. The van der Waals surface area contributed by atoms with Gasteiger partial charge in [-0.1, -0.05) is 20.6 Å². The van der Waals surface area contributed by atoms with E-state index in [0.717, 1.165) is 6.42 Å². The first-order valence-electron chi connectivity index (χ1n) is 10.5. The molecule has 0 aromatic rings. The molecule has 1 aliphatic rings. The predicted octanol–water partition coefficient (Wildman–Crippen LogP) is 2.49. The summed E-state index contributed by atoms with van der Waals surface area (Å²) in [6, 6.07) is 0. The summed E-state index contributed by atoms with van der Waals surface area (Å²) in [6.07, 6.45) is -0.189. The number of carbonyl (C=O) groups excluding carboxylic acids is 5. The lowest BCUT2D eigenvalue weighted by Crippen LogP contribution is -2.16. The predicted molar refractivity (Wildman–Crippen MR) is 126 cm³/mol. The number of carbonyl (C=O) groups is 5. The molecule has 208 valence electrons. The molecule has 1 N–H and O–H groups in total. The van der Waals surface area contributed by atoms with Gasteiger partial charge in [0.15, 0.2) is 0 Å². The van der Waals surface area contributed by atoms with E-state index >= 15 is 0 Å². The Kier molecular flexibility index (Phi) is 25.2. The van der Waals surface area contributed by atoms with Crippen LogP contribution in [0.15, 0.2) is 24.3 Å². The molecule has 36 heavy (non-hydrogen) atoms. The molecule has 0 aromatic carbocycles. The second-order valence-electron chi connectivity index (χ2n) is 6.50. The van der Waals surface area contributed by atoms with Gasteiger partial charge in [-0.15, -0.1) is 0 Å². The van der Waals surface area contributed by atoms with Crippen LogP contribution in [0, 0.1) is 0 Å². The van der Waals surface area contributed by atoms with E-state index in [1.165, 1.54) is 13.8 Å². The zero-order valence-electron chi connectivity index (χ0n) is 20.3. The van der Waals surface area contributed by atoms with Crippen molar-refractivity contribution < 1.29 is 62.2 Å². The molecular weight excluding hydrogens is 484 g/mol. The van der Waals surface area contributed by atoms with Gasteiger partial charge >= 0.3 is 30.2 Å². The van der Waals surface area contributed by atoms with Crippen LogP contribution in [-0.2, 0) is 47.5 Å². The van der Waals surface area contributed by atoms with Crippen molar-refractivity contribution in [3.63, 3.8) is 0 Å². The van der Waals surface area contributed by atoms with E-state index in [2.05, 4.69) is 41.6 Å². The highest BCUT2D eigenvalue weighted by molar-refractivity contribution is 5.87. The lowest BCUT2D eigenvalue weighted by atomic mass is 10.4. The molecule has 0 bridgehead atoms. The molecule has 0 amide bonds. The van der Waals surface area contributed by atoms with Gasteiger partial charge in [0.1, 0.15) is 19.8 Å². The molecule has 0 aromatic heterocycles. The van der Waals surface area contributed by atoms with Gasteiger partial charge in [0.05, 0.1) is 33.0 Å². The maximum absolute atomic E-state index is 11.0. The Labute approximate surface area is 211 Å². The maximum Gasteiger partial charge on any atom is 0.508 e. The summed E-state index contributed by atoms with van der Waals surface area (Å²) in [5, 5.41) is 8.19. The molecule has 13 nitrogen and oxygen atoms in total. The van der Waals surface area contributed by atoms with Crippen molar-refractivity contribution in [2.45, 2.75) is 41.0 Å². The number of esters is 3. The molecular formula is C23H38O13. The topological polar surface area (TPSA) is 170 Å². The van der Waals surface area contributed by atoms with Gasteiger partial charge in [0.25, 0.3) is 0 Å². The Morgan fingerprint density at radius 2 is 1.22 bits per heavy atom. The summed E-state index contributed by atoms with van der Waals surface area (Å²) in [7, 11) is 0. The lowest BCUT2D eigenvalue weighted by Gasteiger charge is -2.09. The smallest absolute Gasteiger partial charge is 0.466 e. The van der Waals surface area contributed by atoms with Crippen LogP contribution >= 0.6 is 0 Å². The highest BCUT2D eigenvalue weighted by Gasteiger charge is 2.08. The van der Waals surface area contributed by atoms with E-state index in [1.54, 1.807) is 6.92 Å². The van der Waals surface area contributed by atoms with E-state index in [9.17, 15) is 24.0 Å². The largest absolute Gasteiger partial charge is 0.508 e. The Bertz CT molecular complexity index is 692. The number of hydrogen-bond acceptors (Lipinski definition) is 13. The minimum absolute atomic E-state index is 0. The lowest BCUT2D eigenvalue weighted by molar-refractivity contribution is -0.142. The van der Waals surface area contributed by atoms with Gasteiger partial charge in [-0.05, 0) is 13.8 Å². The van der Waals surface area contributed by atoms with Crippen LogP contribution in [0.1, 0.15) is 41.0 Å². The molecule has 1 aliphatic heterocycles. The Morgan fingerprint density at radius 1 is 0.778 bits per heavy atom. The molecule has 1 rings (SSSR count). The van der Waals surface area contributed by atoms with E-state index in [1.807, 2.05) is 0 Å². The SMILES string of the molecule is C.C=C(C)C(=O)OCCO.C=C(C)C(=O)OCCOC(=O)OCCCOC(C)=O.O=C1OCCCO1. The number of aliphatic hydroxyl groups is 1. The zero-order valence-corrected chi connectivity index (χ0v) is 20.3. The van der Waals surface area contributed by atoms with Crippen LogP contribution < -0.4 is 0 Å². The summed E-state index contributed by atoms with van der Waals surface area (Å²) in [4.78, 5) is 52.9. The molecule has 0 radical (unpaired) electrons.